The first-order chi connectivity index (χ1) is 9.22. The van der Waals surface area contributed by atoms with Crippen LogP contribution in [0.4, 0.5) is 5.82 Å². The number of carbonyl (C=O) groups is 1. The molecule has 0 radical (unpaired) electrons. The van der Waals surface area contributed by atoms with Gasteiger partial charge in [0.25, 0.3) is 0 Å². The number of piperidine rings is 1. The number of aromatic carboxylic acids is 1. The minimum absolute atomic E-state index is 0.0258. The second-order valence-electron chi connectivity index (χ2n) is 4.57. The summed E-state index contributed by atoms with van der Waals surface area (Å²) < 4.78 is 5.50. The molecule has 1 unspecified atom stereocenters. The van der Waals surface area contributed by atoms with Gasteiger partial charge in [0.15, 0.2) is 5.69 Å². The van der Waals surface area contributed by atoms with Gasteiger partial charge in [-0.05, 0) is 26.2 Å². The Bertz CT molecular complexity index is 422. The quantitative estimate of drug-likeness (QED) is 0.871. The van der Waals surface area contributed by atoms with Gasteiger partial charge in [0, 0.05) is 13.2 Å². The number of nitrogens with zero attached hydrogens (tertiary/aromatic N) is 3. The molecule has 1 aromatic heterocycles. The number of anilines is 1. The molecule has 1 aliphatic rings. The number of hydrogen-bond acceptors (Lipinski definition) is 5. The van der Waals surface area contributed by atoms with Crippen LogP contribution in [0.5, 0.6) is 0 Å². The number of rotatable bonds is 5. The Kier molecular flexibility index (Phi) is 4.68. The van der Waals surface area contributed by atoms with Crippen LogP contribution in [-0.4, -0.2) is 46.8 Å². The highest BCUT2D eigenvalue weighted by molar-refractivity contribution is 5.84. The number of ether oxygens (including phenoxy) is 1. The van der Waals surface area contributed by atoms with Gasteiger partial charge in [-0.15, -0.1) is 0 Å². The van der Waals surface area contributed by atoms with Gasteiger partial charge in [0.05, 0.1) is 25.0 Å². The lowest BCUT2D eigenvalue weighted by atomic mass is 10.0. The van der Waals surface area contributed by atoms with Crippen molar-refractivity contribution in [3.8, 4) is 0 Å². The third-order valence-corrected chi connectivity index (χ3v) is 3.29. The van der Waals surface area contributed by atoms with E-state index in [9.17, 15) is 4.79 Å². The summed E-state index contributed by atoms with van der Waals surface area (Å²) in [4.78, 5) is 21.1. The molecule has 1 atom stereocenters. The van der Waals surface area contributed by atoms with Gasteiger partial charge in [-0.2, -0.15) is 0 Å². The minimum Gasteiger partial charge on any atom is -0.476 e. The van der Waals surface area contributed by atoms with Crippen LogP contribution >= 0.6 is 0 Å². The maximum absolute atomic E-state index is 10.8. The van der Waals surface area contributed by atoms with E-state index in [1.807, 2.05) is 6.92 Å². The molecule has 0 bridgehead atoms. The van der Waals surface area contributed by atoms with E-state index >= 15 is 0 Å². The van der Waals surface area contributed by atoms with Gasteiger partial charge < -0.3 is 14.7 Å². The summed E-state index contributed by atoms with van der Waals surface area (Å²) in [6, 6.07) is 0.304. The number of hydrogen-bond donors (Lipinski definition) is 1. The lowest BCUT2D eigenvalue weighted by Gasteiger charge is -2.36. The summed E-state index contributed by atoms with van der Waals surface area (Å²) in [7, 11) is 0. The van der Waals surface area contributed by atoms with Crippen LogP contribution in [0, 0.1) is 0 Å². The zero-order valence-corrected chi connectivity index (χ0v) is 11.1. The summed E-state index contributed by atoms with van der Waals surface area (Å²) in [6.45, 7) is 4.28. The SMILES string of the molecule is CCOCC1CCCCN1c1cnc(C(=O)O)cn1. The van der Waals surface area contributed by atoms with Crippen molar-refractivity contribution >= 4 is 11.8 Å². The highest BCUT2D eigenvalue weighted by Gasteiger charge is 2.24. The topological polar surface area (TPSA) is 75.5 Å². The first-order valence-corrected chi connectivity index (χ1v) is 6.62. The smallest absolute Gasteiger partial charge is 0.356 e. The van der Waals surface area contributed by atoms with E-state index in [4.69, 9.17) is 9.84 Å². The fraction of sp³-hybridized carbons (Fsp3) is 0.615. The van der Waals surface area contributed by atoms with E-state index in [1.54, 1.807) is 0 Å². The summed E-state index contributed by atoms with van der Waals surface area (Å²) in [5.74, 6) is -0.321. The fourth-order valence-electron chi connectivity index (χ4n) is 2.31. The molecule has 1 fully saturated rings. The first kappa shape index (κ1) is 13.7. The van der Waals surface area contributed by atoms with E-state index in [2.05, 4.69) is 14.9 Å². The number of carboxylic acid groups (broad SMARTS) is 1. The molecule has 1 aliphatic heterocycles. The molecule has 104 valence electrons. The molecule has 1 aromatic rings. The number of carboxylic acids is 1. The molecule has 0 aliphatic carbocycles. The predicted molar refractivity (Wildman–Crippen MR) is 70.5 cm³/mol. The van der Waals surface area contributed by atoms with Crippen molar-refractivity contribution in [1.29, 1.82) is 0 Å². The highest BCUT2D eigenvalue weighted by Crippen LogP contribution is 2.22. The van der Waals surface area contributed by atoms with Crippen LogP contribution in [0.25, 0.3) is 0 Å². The second kappa shape index (κ2) is 6.47. The van der Waals surface area contributed by atoms with Crippen molar-refractivity contribution in [3.63, 3.8) is 0 Å². The predicted octanol–water partition coefficient (Wildman–Crippen LogP) is 1.57. The van der Waals surface area contributed by atoms with Crippen LogP contribution in [-0.2, 0) is 4.74 Å². The summed E-state index contributed by atoms with van der Waals surface area (Å²) in [5.41, 5.74) is -0.0258. The van der Waals surface area contributed by atoms with Crippen LogP contribution in [0.15, 0.2) is 12.4 Å². The lowest BCUT2D eigenvalue weighted by molar-refractivity contribution is 0.0690. The Morgan fingerprint density at radius 3 is 2.95 bits per heavy atom. The molecule has 1 N–H and O–H groups in total. The average Bonchev–Trinajstić information content (AvgIpc) is 2.45. The third-order valence-electron chi connectivity index (χ3n) is 3.29. The van der Waals surface area contributed by atoms with Gasteiger partial charge in [-0.3, -0.25) is 0 Å². The first-order valence-electron chi connectivity index (χ1n) is 6.62. The maximum atomic E-state index is 10.8. The van der Waals surface area contributed by atoms with Gasteiger partial charge in [0.1, 0.15) is 5.82 Å². The minimum atomic E-state index is -1.05. The van der Waals surface area contributed by atoms with Crippen molar-refractivity contribution in [2.75, 3.05) is 24.7 Å². The van der Waals surface area contributed by atoms with Crippen molar-refractivity contribution in [1.82, 2.24) is 9.97 Å². The molecule has 2 rings (SSSR count). The molecular formula is C13H19N3O3. The zero-order chi connectivity index (χ0) is 13.7. The molecule has 19 heavy (non-hydrogen) atoms. The molecule has 0 amide bonds. The van der Waals surface area contributed by atoms with Crippen molar-refractivity contribution in [3.05, 3.63) is 18.1 Å². The van der Waals surface area contributed by atoms with Crippen molar-refractivity contribution in [2.45, 2.75) is 32.2 Å². The van der Waals surface area contributed by atoms with Gasteiger partial charge in [0.2, 0.25) is 0 Å². The second-order valence-corrected chi connectivity index (χ2v) is 4.57. The van der Waals surface area contributed by atoms with Crippen LogP contribution < -0.4 is 4.90 Å². The average molecular weight is 265 g/mol. The Balaban J connectivity index is 2.10. The highest BCUT2D eigenvalue weighted by atomic mass is 16.5. The summed E-state index contributed by atoms with van der Waals surface area (Å²) in [6.07, 6.45) is 6.22. The van der Waals surface area contributed by atoms with Gasteiger partial charge in [-0.1, -0.05) is 0 Å². The molecule has 0 aromatic carbocycles. The molecule has 1 saturated heterocycles. The van der Waals surface area contributed by atoms with E-state index in [0.717, 1.165) is 25.2 Å². The zero-order valence-electron chi connectivity index (χ0n) is 11.1. The van der Waals surface area contributed by atoms with Crippen LogP contribution in [0.2, 0.25) is 0 Å². The van der Waals surface area contributed by atoms with E-state index in [1.165, 1.54) is 18.8 Å². The molecule has 0 saturated carbocycles. The third kappa shape index (κ3) is 3.41. The Morgan fingerprint density at radius 2 is 2.32 bits per heavy atom. The molecule has 0 spiro atoms. The Hall–Kier alpha value is -1.69. The monoisotopic (exact) mass is 265 g/mol. The lowest BCUT2D eigenvalue weighted by Crippen LogP contribution is -2.43. The normalized spacial score (nSPS) is 19.4. The Labute approximate surface area is 112 Å². The van der Waals surface area contributed by atoms with Crippen molar-refractivity contribution in [2.24, 2.45) is 0 Å². The largest absolute Gasteiger partial charge is 0.476 e. The van der Waals surface area contributed by atoms with Crippen molar-refractivity contribution < 1.29 is 14.6 Å². The van der Waals surface area contributed by atoms with Crippen LogP contribution in [0.3, 0.4) is 0 Å². The Morgan fingerprint density at radius 1 is 1.47 bits per heavy atom. The van der Waals surface area contributed by atoms with E-state index in [0.29, 0.717) is 19.3 Å². The summed E-state index contributed by atoms with van der Waals surface area (Å²) in [5, 5.41) is 8.82. The van der Waals surface area contributed by atoms with Gasteiger partial charge in [-0.25, -0.2) is 14.8 Å². The standard InChI is InChI=1S/C13H19N3O3/c1-2-19-9-10-5-3-4-6-16(10)12-8-14-11(7-15-12)13(17)18/h7-8,10H,2-6,9H2,1H3,(H,17,18). The molecule has 2 heterocycles. The molecule has 6 nitrogen and oxygen atoms in total. The maximum Gasteiger partial charge on any atom is 0.356 e. The number of aromatic nitrogens is 2. The fourth-order valence-corrected chi connectivity index (χ4v) is 2.31. The molecule has 6 heteroatoms. The van der Waals surface area contributed by atoms with E-state index < -0.39 is 5.97 Å². The van der Waals surface area contributed by atoms with Crippen LogP contribution in [0.1, 0.15) is 36.7 Å². The van der Waals surface area contributed by atoms with Gasteiger partial charge >= 0.3 is 5.97 Å². The van der Waals surface area contributed by atoms with E-state index in [-0.39, 0.29) is 5.69 Å². The summed E-state index contributed by atoms with van der Waals surface area (Å²) >= 11 is 0. The molecular weight excluding hydrogens is 246 g/mol.